The van der Waals surface area contributed by atoms with E-state index in [-0.39, 0.29) is 18.4 Å². The van der Waals surface area contributed by atoms with Gasteiger partial charge in [0, 0.05) is 68.9 Å². The minimum atomic E-state index is 0.0467. The van der Waals surface area contributed by atoms with Crippen LogP contribution in [0.2, 0.25) is 0 Å². The third-order valence-corrected chi connectivity index (χ3v) is 5.85. The Balaban J connectivity index is 1.67. The van der Waals surface area contributed by atoms with Crippen LogP contribution in [0.1, 0.15) is 43.7 Å². The van der Waals surface area contributed by atoms with Gasteiger partial charge in [-0.3, -0.25) is 9.78 Å². The van der Waals surface area contributed by atoms with Crippen molar-refractivity contribution >= 4 is 11.9 Å². The first-order valence-corrected chi connectivity index (χ1v) is 10.6. The van der Waals surface area contributed by atoms with Crippen LogP contribution in [0.25, 0.3) is 11.1 Å². The number of ether oxygens (including phenoxy) is 1. The average Bonchev–Trinajstić information content (AvgIpc) is 2.80. The van der Waals surface area contributed by atoms with Crippen LogP contribution in [-0.2, 0) is 9.53 Å². The van der Waals surface area contributed by atoms with Gasteiger partial charge in [0.25, 0.3) is 0 Å². The highest BCUT2D eigenvalue weighted by atomic mass is 16.5. The van der Waals surface area contributed by atoms with E-state index >= 15 is 0 Å². The second-order valence-corrected chi connectivity index (χ2v) is 7.87. The summed E-state index contributed by atoms with van der Waals surface area (Å²) in [5.74, 6) is 1.05. The summed E-state index contributed by atoms with van der Waals surface area (Å²) < 4.78 is 5.06. The summed E-state index contributed by atoms with van der Waals surface area (Å²) in [6.07, 6.45) is 11.2. The standard InChI is InChI=1S/C22H29N5O2/c1-29-16-20(28)27-12-6-8-18(15-27)21-19(17-7-5-9-23-13-17)14-24-22(25-21)26-10-3-2-4-11-26/h5,7,9,13-14,18H,2-4,6,8,10-12,15-16H2,1H3/t18-/m0/s1. The van der Waals surface area contributed by atoms with E-state index in [0.29, 0.717) is 6.54 Å². The summed E-state index contributed by atoms with van der Waals surface area (Å²) in [5, 5.41) is 0. The smallest absolute Gasteiger partial charge is 0.248 e. The molecule has 2 aliphatic rings. The lowest BCUT2D eigenvalue weighted by molar-refractivity contribution is -0.136. The molecule has 7 nitrogen and oxygen atoms in total. The average molecular weight is 396 g/mol. The molecule has 4 heterocycles. The maximum atomic E-state index is 12.4. The van der Waals surface area contributed by atoms with Crippen molar-refractivity contribution in [1.29, 1.82) is 0 Å². The van der Waals surface area contributed by atoms with Crippen LogP contribution in [0, 0.1) is 0 Å². The zero-order valence-electron chi connectivity index (χ0n) is 17.1. The highest BCUT2D eigenvalue weighted by Crippen LogP contribution is 2.34. The molecule has 29 heavy (non-hydrogen) atoms. The third-order valence-electron chi connectivity index (χ3n) is 5.85. The van der Waals surface area contributed by atoms with E-state index in [1.54, 1.807) is 13.3 Å². The van der Waals surface area contributed by atoms with E-state index in [1.807, 2.05) is 29.4 Å². The topological polar surface area (TPSA) is 71.5 Å². The summed E-state index contributed by atoms with van der Waals surface area (Å²) in [6, 6.07) is 3.99. The van der Waals surface area contributed by atoms with E-state index in [1.165, 1.54) is 19.3 Å². The number of hydrogen-bond donors (Lipinski definition) is 0. The molecule has 1 amide bonds. The van der Waals surface area contributed by atoms with E-state index in [4.69, 9.17) is 14.7 Å². The predicted molar refractivity (Wildman–Crippen MR) is 112 cm³/mol. The molecule has 0 saturated carbocycles. The van der Waals surface area contributed by atoms with Crippen LogP contribution in [0.5, 0.6) is 0 Å². The Morgan fingerprint density at radius 3 is 2.79 bits per heavy atom. The largest absolute Gasteiger partial charge is 0.375 e. The fraction of sp³-hybridized carbons (Fsp3) is 0.545. The summed E-state index contributed by atoms with van der Waals surface area (Å²) in [4.78, 5) is 30.6. The number of carbonyl (C=O) groups excluding carboxylic acids is 1. The molecule has 2 saturated heterocycles. The molecule has 0 aliphatic carbocycles. The number of piperidine rings is 2. The third kappa shape index (κ3) is 4.56. The van der Waals surface area contributed by atoms with Gasteiger partial charge in [-0.05, 0) is 38.2 Å². The lowest BCUT2D eigenvalue weighted by Gasteiger charge is -2.34. The first-order valence-electron chi connectivity index (χ1n) is 10.6. The molecule has 0 radical (unpaired) electrons. The minimum absolute atomic E-state index is 0.0467. The summed E-state index contributed by atoms with van der Waals surface area (Å²) in [7, 11) is 1.56. The molecular weight excluding hydrogens is 366 g/mol. The van der Waals surface area contributed by atoms with Crippen molar-refractivity contribution in [3.8, 4) is 11.1 Å². The Labute approximate surface area is 172 Å². The van der Waals surface area contributed by atoms with Crippen molar-refractivity contribution in [2.75, 3.05) is 44.8 Å². The van der Waals surface area contributed by atoms with E-state index in [9.17, 15) is 4.79 Å². The lowest BCUT2D eigenvalue weighted by Crippen LogP contribution is -2.41. The van der Waals surface area contributed by atoms with Gasteiger partial charge in [-0.1, -0.05) is 6.07 Å². The van der Waals surface area contributed by atoms with Crippen LogP contribution in [0.3, 0.4) is 0 Å². The van der Waals surface area contributed by atoms with Crippen molar-refractivity contribution in [1.82, 2.24) is 19.9 Å². The maximum Gasteiger partial charge on any atom is 0.248 e. The molecule has 0 spiro atoms. The van der Waals surface area contributed by atoms with Gasteiger partial charge in [-0.25, -0.2) is 9.97 Å². The van der Waals surface area contributed by atoms with Gasteiger partial charge in [0.1, 0.15) is 6.61 Å². The van der Waals surface area contributed by atoms with Crippen LogP contribution in [-0.4, -0.2) is 65.7 Å². The van der Waals surface area contributed by atoms with Crippen molar-refractivity contribution in [3.63, 3.8) is 0 Å². The van der Waals surface area contributed by atoms with E-state index in [0.717, 1.165) is 55.2 Å². The number of anilines is 1. The molecule has 0 bridgehead atoms. The number of likely N-dealkylation sites (tertiary alicyclic amines) is 1. The molecule has 154 valence electrons. The number of methoxy groups -OCH3 is 1. The molecule has 0 unspecified atom stereocenters. The number of hydrogen-bond acceptors (Lipinski definition) is 6. The van der Waals surface area contributed by atoms with Gasteiger partial charge < -0.3 is 14.5 Å². The lowest BCUT2D eigenvalue weighted by atomic mass is 9.90. The summed E-state index contributed by atoms with van der Waals surface area (Å²) in [5.41, 5.74) is 3.07. The minimum Gasteiger partial charge on any atom is -0.375 e. The molecule has 4 rings (SSSR count). The number of amides is 1. The summed E-state index contributed by atoms with van der Waals surface area (Å²) >= 11 is 0. The van der Waals surface area contributed by atoms with Crippen molar-refractivity contribution < 1.29 is 9.53 Å². The van der Waals surface area contributed by atoms with Crippen molar-refractivity contribution in [3.05, 3.63) is 36.4 Å². The van der Waals surface area contributed by atoms with Gasteiger partial charge in [0.05, 0.1) is 5.69 Å². The van der Waals surface area contributed by atoms with Crippen LogP contribution in [0.4, 0.5) is 5.95 Å². The number of rotatable bonds is 5. The molecule has 2 aliphatic heterocycles. The number of nitrogens with zero attached hydrogens (tertiary/aromatic N) is 5. The van der Waals surface area contributed by atoms with Crippen molar-refractivity contribution in [2.24, 2.45) is 0 Å². The predicted octanol–water partition coefficient (Wildman–Crippen LogP) is 2.88. The molecule has 0 N–H and O–H groups in total. The Hall–Kier alpha value is -2.54. The highest BCUT2D eigenvalue weighted by molar-refractivity contribution is 5.77. The first kappa shape index (κ1) is 19.8. The molecular formula is C22H29N5O2. The Morgan fingerprint density at radius 1 is 1.17 bits per heavy atom. The second-order valence-electron chi connectivity index (χ2n) is 7.87. The molecule has 2 fully saturated rings. The molecule has 1 atom stereocenters. The molecule has 2 aromatic heterocycles. The Bertz CT molecular complexity index is 823. The van der Waals surface area contributed by atoms with Gasteiger partial charge in [-0.2, -0.15) is 0 Å². The fourth-order valence-electron chi connectivity index (χ4n) is 4.33. The zero-order valence-corrected chi connectivity index (χ0v) is 17.1. The number of carbonyl (C=O) groups is 1. The monoisotopic (exact) mass is 395 g/mol. The Kier molecular flexibility index (Phi) is 6.34. The van der Waals surface area contributed by atoms with Crippen LogP contribution < -0.4 is 4.90 Å². The van der Waals surface area contributed by atoms with Gasteiger partial charge in [0.2, 0.25) is 11.9 Å². The highest BCUT2D eigenvalue weighted by Gasteiger charge is 2.28. The molecule has 7 heteroatoms. The Morgan fingerprint density at radius 2 is 2.03 bits per heavy atom. The van der Waals surface area contributed by atoms with E-state index in [2.05, 4.69) is 9.88 Å². The van der Waals surface area contributed by atoms with Gasteiger partial charge in [-0.15, -0.1) is 0 Å². The second kappa shape index (κ2) is 9.31. The quantitative estimate of drug-likeness (QED) is 0.775. The summed E-state index contributed by atoms with van der Waals surface area (Å²) in [6.45, 7) is 3.60. The van der Waals surface area contributed by atoms with Gasteiger partial charge in [0.15, 0.2) is 0 Å². The first-order chi connectivity index (χ1) is 14.3. The normalized spacial score (nSPS) is 20.0. The van der Waals surface area contributed by atoms with Crippen LogP contribution in [0.15, 0.2) is 30.7 Å². The fourth-order valence-corrected chi connectivity index (χ4v) is 4.33. The SMILES string of the molecule is COCC(=O)N1CCC[C@H](c2nc(N3CCCCC3)ncc2-c2cccnc2)C1. The van der Waals surface area contributed by atoms with Crippen molar-refractivity contribution in [2.45, 2.75) is 38.0 Å². The molecule has 0 aromatic carbocycles. The zero-order chi connectivity index (χ0) is 20.1. The maximum absolute atomic E-state index is 12.4. The van der Waals surface area contributed by atoms with Gasteiger partial charge >= 0.3 is 0 Å². The van der Waals surface area contributed by atoms with E-state index < -0.39 is 0 Å². The number of aromatic nitrogens is 3. The number of pyridine rings is 1. The molecule has 2 aromatic rings. The van der Waals surface area contributed by atoms with Crippen LogP contribution >= 0.6 is 0 Å².